The van der Waals surface area contributed by atoms with Gasteiger partial charge in [0.05, 0.1) is 37.5 Å². The molecule has 0 aliphatic carbocycles. The van der Waals surface area contributed by atoms with Crippen LogP contribution in [0.4, 0.5) is 0 Å². The summed E-state index contributed by atoms with van der Waals surface area (Å²) in [6.45, 7) is 6.38. The molecule has 300 valence electrons. The van der Waals surface area contributed by atoms with Crippen LogP contribution in [0.1, 0.15) is 195 Å². The van der Waals surface area contributed by atoms with Crippen molar-refractivity contribution >= 4 is 11.8 Å². The Morgan fingerprint density at radius 1 is 0.420 bits per heavy atom. The Kier molecular flexibility index (Phi) is 38.1. The highest BCUT2D eigenvalue weighted by Gasteiger charge is 2.27. The van der Waals surface area contributed by atoms with Crippen LogP contribution in [0.5, 0.6) is 0 Å². The highest BCUT2D eigenvalue weighted by atomic mass is 16.3. The molecule has 0 aromatic rings. The standard InChI is InChI=1S/2C20H41NO4/c2*1-3-4-5-6-7-8-9-10-11-12-13-14-15-19(24)20(25)18(16-22)21-17(2)23/h2*18-20,22,24-25H,3-16H2,1-2H3,(H,21,23)/t2*18-,19+,20-/m00/s1. The van der Waals surface area contributed by atoms with Gasteiger partial charge in [0, 0.05) is 13.8 Å². The van der Waals surface area contributed by atoms with Crippen LogP contribution < -0.4 is 10.6 Å². The van der Waals surface area contributed by atoms with Crippen molar-refractivity contribution in [3.05, 3.63) is 0 Å². The maximum atomic E-state index is 11.0. The van der Waals surface area contributed by atoms with Crippen LogP contribution in [0.25, 0.3) is 0 Å². The fraction of sp³-hybridized carbons (Fsp3) is 0.950. The van der Waals surface area contributed by atoms with Crippen molar-refractivity contribution in [1.29, 1.82) is 0 Å². The van der Waals surface area contributed by atoms with E-state index in [1.54, 1.807) is 0 Å². The highest BCUT2D eigenvalue weighted by molar-refractivity contribution is 5.73. The molecule has 0 fully saturated rings. The summed E-state index contributed by atoms with van der Waals surface area (Å²) in [6.07, 6.45) is 27.0. The van der Waals surface area contributed by atoms with Gasteiger partial charge in [-0.1, -0.05) is 168 Å². The molecular weight excluding hydrogens is 636 g/mol. The van der Waals surface area contributed by atoms with E-state index in [1.807, 2.05) is 0 Å². The molecule has 0 unspecified atom stereocenters. The molecule has 10 nitrogen and oxygen atoms in total. The lowest BCUT2D eigenvalue weighted by Crippen LogP contribution is -2.50. The van der Waals surface area contributed by atoms with Crippen LogP contribution in [-0.2, 0) is 9.59 Å². The summed E-state index contributed by atoms with van der Waals surface area (Å²) in [5.74, 6) is -0.647. The first-order valence-corrected chi connectivity index (χ1v) is 20.5. The van der Waals surface area contributed by atoms with Gasteiger partial charge in [-0.25, -0.2) is 0 Å². The van der Waals surface area contributed by atoms with Gasteiger partial charge in [0.2, 0.25) is 11.8 Å². The van der Waals surface area contributed by atoms with Gasteiger partial charge < -0.3 is 41.3 Å². The molecule has 0 saturated heterocycles. The zero-order chi connectivity index (χ0) is 37.8. The van der Waals surface area contributed by atoms with Gasteiger partial charge in [0.1, 0.15) is 12.2 Å². The molecule has 0 aromatic heterocycles. The van der Waals surface area contributed by atoms with E-state index in [1.165, 1.54) is 129 Å². The number of aliphatic hydroxyl groups is 6. The predicted molar refractivity (Wildman–Crippen MR) is 205 cm³/mol. The molecule has 0 spiro atoms. The lowest BCUT2D eigenvalue weighted by Gasteiger charge is -2.25. The number of rotatable bonds is 34. The van der Waals surface area contributed by atoms with E-state index in [2.05, 4.69) is 24.5 Å². The van der Waals surface area contributed by atoms with E-state index in [9.17, 15) is 40.2 Å². The summed E-state index contributed by atoms with van der Waals surface area (Å²) >= 11 is 0. The quantitative estimate of drug-likeness (QED) is 0.0343. The van der Waals surface area contributed by atoms with E-state index in [4.69, 9.17) is 0 Å². The number of amides is 2. The zero-order valence-corrected chi connectivity index (χ0v) is 32.8. The summed E-state index contributed by atoms with van der Waals surface area (Å²) < 4.78 is 0. The van der Waals surface area contributed by atoms with Crippen LogP contribution in [0.2, 0.25) is 0 Å². The van der Waals surface area contributed by atoms with Crippen LogP contribution in [0.3, 0.4) is 0 Å². The average Bonchev–Trinajstić information content (AvgIpc) is 3.09. The average molecular weight is 719 g/mol. The van der Waals surface area contributed by atoms with Gasteiger partial charge in [-0.2, -0.15) is 0 Å². The first-order chi connectivity index (χ1) is 24.0. The summed E-state index contributed by atoms with van der Waals surface area (Å²) in [6, 6.07) is -1.60. The molecule has 0 aliphatic rings. The Labute approximate surface area is 306 Å². The first kappa shape index (κ1) is 50.8. The zero-order valence-electron chi connectivity index (χ0n) is 32.8. The first-order valence-electron chi connectivity index (χ1n) is 20.5. The smallest absolute Gasteiger partial charge is 0.217 e. The lowest BCUT2D eigenvalue weighted by molar-refractivity contribution is -0.122. The van der Waals surface area contributed by atoms with Crippen LogP contribution in [0.15, 0.2) is 0 Å². The Balaban J connectivity index is 0. The number of carbonyl (C=O) groups is 2. The molecule has 0 aromatic carbocycles. The van der Waals surface area contributed by atoms with Crippen LogP contribution >= 0.6 is 0 Å². The normalized spacial score (nSPS) is 14.9. The SMILES string of the molecule is CCCCCCCCCCCCCC[C@@H](O)[C@@H](O)[C@H](CO)NC(C)=O.CCCCCCCCCCCCCC[C@@H](O)[C@@H](O)[C@H](CO)NC(C)=O. The van der Waals surface area contributed by atoms with Gasteiger partial charge in [-0.05, 0) is 12.8 Å². The molecule has 0 heterocycles. The van der Waals surface area contributed by atoms with Crippen molar-refractivity contribution in [1.82, 2.24) is 10.6 Å². The van der Waals surface area contributed by atoms with Crippen molar-refractivity contribution in [2.75, 3.05) is 13.2 Å². The maximum absolute atomic E-state index is 11.0. The van der Waals surface area contributed by atoms with Gasteiger partial charge >= 0.3 is 0 Å². The fourth-order valence-corrected chi connectivity index (χ4v) is 6.27. The van der Waals surface area contributed by atoms with E-state index >= 15 is 0 Å². The summed E-state index contributed by atoms with van der Waals surface area (Å²) in [5, 5.41) is 63.2. The maximum Gasteiger partial charge on any atom is 0.217 e. The van der Waals surface area contributed by atoms with E-state index in [0.29, 0.717) is 12.8 Å². The molecule has 0 rings (SSSR count). The molecule has 0 radical (unpaired) electrons. The third-order valence-corrected chi connectivity index (χ3v) is 9.49. The van der Waals surface area contributed by atoms with Gasteiger partial charge in [0.25, 0.3) is 0 Å². The van der Waals surface area contributed by atoms with Crippen molar-refractivity contribution < 1.29 is 40.2 Å². The Bertz CT molecular complexity index is 684. The number of nitrogens with one attached hydrogen (secondary N) is 2. The van der Waals surface area contributed by atoms with Gasteiger partial charge in [0.15, 0.2) is 0 Å². The largest absolute Gasteiger partial charge is 0.394 e. The Hall–Kier alpha value is -1.30. The van der Waals surface area contributed by atoms with Crippen molar-refractivity contribution in [2.24, 2.45) is 0 Å². The highest BCUT2D eigenvalue weighted by Crippen LogP contribution is 2.16. The molecule has 50 heavy (non-hydrogen) atoms. The van der Waals surface area contributed by atoms with Crippen molar-refractivity contribution in [3.63, 3.8) is 0 Å². The number of hydrogen-bond donors (Lipinski definition) is 8. The summed E-state index contributed by atoms with van der Waals surface area (Å²) in [7, 11) is 0. The Morgan fingerprint density at radius 2 is 0.640 bits per heavy atom. The van der Waals surface area contributed by atoms with Crippen LogP contribution in [-0.4, -0.2) is 92.2 Å². The second kappa shape index (κ2) is 37.5. The number of hydrogen-bond acceptors (Lipinski definition) is 8. The molecule has 0 saturated carbocycles. The minimum atomic E-state index is -1.12. The minimum absolute atomic E-state index is 0.323. The van der Waals surface area contributed by atoms with Crippen molar-refractivity contribution in [2.45, 2.75) is 231 Å². The van der Waals surface area contributed by atoms with Gasteiger partial charge in [-0.15, -0.1) is 0 Å². The molecule has 2 amide bonds. The predicted octanol–water partition coefficient (Wildman–Crippen LogP) is 6.59. The van der Waals surface area contributed by atoms with Crippen LogP contribution in [0, 0.1) is 0 Å². The molecule has 8 N–H and O–H groups in total. The summed E-state index contributed by atoms with van der Waals surface area (Å²) in [5.41, 5.74) is 0. The fourth-order valence-electron chi connectivity index (χ4n) is 6.27. The molecule has 0 aliphatic heterocycles. The number of carbonyl (C=O) groups excluding carboxylic acids is 2. The molecular formula is C40H82N2O8. The molecule has 6 atom stereocenters. The number of unbranched alkanes of at least 4 members (excludes halogenated alkanes) is 22. The monoisotopic (exact) mass is 719 g/mol. The molecule has 10 heteroatoms. The lowest BCUT2D eigenvalue weighted by atomic mass is 9.99. The van der Waals surface area contributed by atoms with E-state index in [0.717, 1.165) is 38.5 Å². The Morgan fingerprint density at radius 3 is 0.840 bits per heavy atom. The second-order valence-corrected chi connectivity index (χ2v) is 14.5. The second-order valence-electron chi connectivity index (χ2n) is 14.5. The van der Waals surface area contributed by atoms with Crippen molar-refractivity contribution in [3.8, 4) is 0 Å². The van der Waals surface area contributed by atoms with Gasteiger partial charge in [-0.3, -0.25) is 9.59 Å². The minimum Gasteiger partial charge on any atom is -0.394 e. The van der Waals surface area contributed by atoms with E-state index < -0.39 is 36.5 Å². The number of aliphatic hydroxyl groups excluding tert-OH is 6. The van der Waals surface area contributed by atoms with E-state index in [-0.39, 0.29) is 25.0 Å². The third kappa shape index (κ3) is 32.6. The topological polar surface area (TPSA) is 180 Å². The molecule has 0 bridgehead atoms. The third-order valence-electron chi connectivity index (χ3n) is 9.49. The summed E-state index contributed by atoms with van der Waals surface area (Å²) in [4.78, 5) is 22.0.